The van der Waals surface area contributed by atoms with Crippen molar-refractivity contribution >= 4 is 40.6 Å². The van der Waals surface area contributed by atoms with Gasteiger partial charge in [-0.15, -0.1) is 0 Å². The van der Waals surface area contributed by atoms with Gasteiger partial charge >= 0.3 is 5.97 Å². The van der Waals surface area contributed by atoms with Gasteiger partial charge in [0, 0.05) is 6.04 Å². The van der Waals surface area contributed by atoms with Crippen molar-refractivity contribution in [2.75, 3.05) is 6.61 Å². The van der Waals surface area contributed by atoms with E-state index in [1.54, 1.807) is 12.1 Å². The molecule has 32 heavy (non-hydrogen) atoms. The molecule has 0 spiro atoms. The Bertz CT molecular complexity index is 1030. The summed E-state index contributed by atoms with van der Waals surface area (Å²) in [7, 11) is 0. The molecule has 6 nitrogen and oxygen atoms in total. The van der Waals surface area contributed by atoms with E-state index in [0.717, 1.165) is 35.7 Å². The molecule has 4 rings (SSSR count). The normalized spacial score (nSPS) is 23.7. The highest BCUT2D eigenvalue weighted by molar-refractivity contribution is 8.18. The zero-order valence-electron chi connectivity index (χ0n) is 17.9. The lowest BCUT2D eigenvalue weighted by molar-refractivity contribution is -0.139. The molecular formula is C25H26N2O4S. The summed E-state index contributed by atoms with van der Waals surface area (Å²) >= 11 is 1.41. The molecule has 0 bridgehead atoms. The van der Waals surface area contributed by atoms with Crippen LogP contribution in [-0.4, -0.2) is 39.7 Å². The van der Waals surface area contributed by atoms with Crippen LogP contribution in [0.1, 0.15) is 38.2 Å². The summed E-state index contributed by atoms with van der Waals surface area (Å²) in [5.74, 6) is -0.121. The molecule has 1 saturated carbocycles. The molecule has 2 aromatic carbocycles. The van der Waals surface area contributed by atoms with E-state index in [1.807, 2.05) is 53.4 Å². The third-order valence-corrected chi connectivity index (χ3v) is 6.74. The second-order valence-corrected chi connectivity index (χ2v) is 9.11. The van der Waals surface area contributed by atoms with Crippen molar-refractivity contribution in [2.24, 2.45) is 10.9 Å². The predicted molar refractivity (Wildman–Crippen MR) is 127 cm³/mol. The van der Waals surface area contributed by atoms with Crippen LogP contribution in [0.3, 0.4) is 0 Å². The Morgan fingerprint density at radius 2 is 1.88 bits per heavy atom. The van der Waals surface area contributed by atoms with Crippen LogP contribution in [0, 0.1) is 5.92 Å². The number of carbonyl (C=O) groups excluding carboxylic acids is 1. The fraction of sp³-hybridized carbons (Fsp3) is 0.320. The maximum absolute atomic E-state index is 13.5. The molecule has 0 aromatic heterocycles. The molecule has 0 radical (unpaired) electrons. The lowest BCUT2D eigenvalue weighted by atomic mass is 9.85. The van der Waals surface area contributed by atoms with E-state index < -0.39 is 5.97 Å². The van der Waals surface area contributed by atoms with E-state index in [9.17, 15) is 9.59 Å². The zero-order chi connectivity index (χ0) is 22.5. The fourth-order valence-electron chi connectivity index (χ4n) is 4.11. The number of amidine groups is 1. The number of aliphatic carboxylic acids is 1. The molecule has 2 aromatic rings. The van der Waals surface area contributed by atoms with Crippen LogP contribution in [0.5, 0.6) is 5.75 Å². The van der Waals surface area contributed by atoms with Crippen molar-refractivity contribution in [1.82, 2.24) is 4.90 Å². The lowest BCUT2D eigenvalue weighted by Gasteiger charge is -2.35. The van der Waals surface area contributed by atoms with Crippen LogP contribution in [-0.2, 0) is 9.59 Å². The number of carbonyl (C=O) groups is 2. The SMILES string of the molecule is C[C@@H]1CCCC[C@H]1N1C(=O)/C(=C/c2ccc(OCC(=O)O)cc2)SC1=Nc1ccccc1. The number of thioether (sulfide) groups is 1. The standard InChI is InChI=1S/C25H26N2O4S/c1-17-7-5-6-10-21(17)27-24(30)22(32-25(27)26-19-8-3-2-4-9-19)15-18-11-13-20(14-12-18)31-16-23(28)29/h2-4,8-9,11-15,17,21H,5-7,10,16H2,1H3,(H,28,29)/b22-15-,26-25?/t17-,21-/m1/s1. The van der Waals surface area contributed by atoms with Crippen molar-refractivity contribution < 1.29 is 19.4 Å². The predicted octanol–water partition coefficient (Wildman–Crippen LogP) is 5.33. The van der Waals surface area contributed by atoms with Gasteiger partial charge in [0.15, 0.2) is 11.8 Å². The maximum Gasteiger partial charge on any atom is 0.341 e. The molecule has 2 fully saturated rings. The van der Waals surface area contributed by atoms with E-state index in [1.165, 1.54) is 18.2 Å². The van der Waals surface area contributed by atoms with E-state index >= 15 is 0 Å². The van der Waals surface area contributed by atoms with Crippen molar-refractivity contribution in [2.45, 2.75) is 38.6 Å². The largest absolute Gasteiger partial charge is 0.482 e. The molecule has 1 heterocycles. The first-order valence-electron chi connectivity index (χ1n) is 10.8. The Labute approximate surface area is 192 Å². The number of para-hydroxylation sites is 1. The van der Waals surface area contributed by atoms with Crippen LogP contribution in [0.2, 0.25) is 0 Å². The van der Waals surface area contributed by atoms with Crippen LogP contribution < -0.4 is 4.74 Å². The number of hydrogen-bond acceptors (Lipinski definition) is 5. The van der Waals surface area contributed by atoms with E-state index in [4.69, 9.17) is 14.8 Å². The number of aliphatic imine (C=N–C) groups is 1. The molecule has 2 aliphatic rings. The minimum absolute atomic E-state index is 0.00497. The number of rotatable bonds is 6. The molecular weight excluding hydrogens is 424 g/mol. The second-order valence-electron chi connectivity index (χ2n) is 8.10. The van der Waals surface area contributed by atoms with E-state index in [2.05, 4.69) is 6.92 Å². The van der Waals surface area contributed by atoms with E-state index in [-0.39, 0.29) is 18.6 Å². The van der Waals surface area contributed by atoms with Gasteiger partial charge in [0.1, 0.15) is 5.75 Å². The highest BCUT2D eigenvalue weighted by Gasteiger charge is 2.41. The molecule has 1 amide bonds. The Morgan fingerprint density at radius 3 is 2.56 bits per heavy atom. The summed E-state index contributed by atoms with van der Waals surface area (Å²) in [6.07, 6.45) is 6.30. The van der Waals surface area contributed by atoms with Gasteiger partial charge in [0.05, 0.1) is 10.6 Å². The summed E-state index contributed by atoms with van der Waals surface area (Å²) < 4.78 is 5.19. The van der Waals surface area contributed by atoms with Crippen molar-refractivity contribution in [3.05, 3.63) is 65.1 Å². The molecule has 2 atom stereocenters. The van der Waals surface area contributed by atoms with Gasteiger partial charge in [0.25, 0.3) is 5.91 Å². The molecule has 7 heteroatoms. The number of amides is 1. The van der Waals surface area contributed by atoms with Crippen LogP contribution in [0.15, 0.2) is 64.5 Å². The third kappa shape index (κ3) is 5.22. The Balaban J connectivity index is 1.61. The Hall–Kier alpha value is -3.06. The van der Waals surface area contributed by atoms with E-state index in [0.29, 0.717) is 16.6 Å². The molecule has 1 saturated heterocycles. The minimum Gasteiger partial charge on any atom is -0.482 e. The molecule has 0 unspecified atom stereocenters. The first-order valence-corrected chi connectivity index (χ1v) is 11.6. The fourth-order valence-corrected chi connectivity index (χ4v) is 5.15. The van der Waals surface area contributed by atoms with Crippen LogP contribution >= 0.6 is 11.8 Å². The Morgan fingerprint density at radius 1 is 1.16 bits per heavy atom. The first-order chi connectivity index (χ1) is 15.5. The van der Waals surface area contributed by atoms with Crippen molar-refractivity contribution in [3.63, 3.8) is 0 Å². The monoisotopic (exact) mass is 450 g/mol. The zero-order valence-corrected chi connectivity index (χ0v) is 18.8. The second kappa shape index (κ2) is 10.0. The summed E-state index contributed by atoms with van der Waals surface area (Å²) in [6, 6.07) is 16.9. The van der Waals surface area contributed by atoms with Gasteiger partial charge in [-0.1, -0.05) is 50.1 Å². The topological polar surface area (TPSA) is 79.2 Å². The van der Waals surface area contributed by atoms with Gasteiger partial charge in [-0.25, -0.2) is 9.79 Å². The number of hydrogen-bond donors (Lipinski definition) is 1. The Kier molecular flexibility index (Phi) is 6.95. The summed E-state index contributed by atoms with van der Waals surface area (Å²) in [5.41, 5.74) is 1.68. The number of nitrogens with zero attached hydrogens (tertiary/aromatic N) is 2. The number of carboxylic acids is 1. The molecule has 1 aliphatic carbocycles. The average Bonchev–Trinajstić information content (AvgIpc) is 3.08. The highest BCUT2D eigenvalue weighted by atomic mass is 32.2. The highest BCUT2D eigenvalue weighted by Crippen LogP contribution is 2.40. The van der Waals surface area contributed by atoms with Crippen molar-refractivity contribution in [3.8, 4) is 5.75 Å². The third-order valence-electron chi connectivity index (χ3n) is 5.76. The van der Waals surface area contributed by atoms with Gasteiger partial charge < -0.3 is 9.84 Å². The number of carboxylic acid groups (broad SMARTS) is 1. The van der Waals surface area contributed by atoms with Gasteiger partial charge in [-0.05, 0) is 66.4 Å². The lowest BCUT2D eigenvalue weighted by Crippen LogP contribution is -2.44. The van der Waals surface area contributed by atoms with Gasteiger partial charge in [0.2, 0.25) is 0 Å². The maximum atomic E-state index is 13.5. The van der Waals surface area contributed by atoms with Crippen LogP contribution in [0.4, 0.5) is 5.69 Å². The number of ether oxygens (including phenoxy) is 1. The van der Waals surface area contributed by atoms with Crippen LogP contribution in [0.25, 0.3) is 6.08 Å². The molecule has 166 valence electrons. The first kappa shape index (κ1) is 22.1. The van der Waals surface area contributed by atoms with Crippen molar-refractivity contribution in [1.29, 1.82) is 0 Å². The minimum atomic E-state index is -1.02. The smallest absolute Gasteiger partial charge is 0.341 e. The summed E-state index contributed by atoms with van der Waals surface area (Å²) in [4.78, 5) is 31.5. The van der Waals surface area contributed by atoms with Gasteiger partial charge in [-0.3, -0.25) is 9.69 Å². The summed E-state index contributed by atoms with van der Waals surface area (Å²) in [6.45, 7) is 1.84. The molecule has 1 aliphatic heterocycles. The summed E-state index contributed by atoms with van der Waals surface area (Å²) in [5, 5.41) is 9.47. The average molecular weight is 451 g/mol. The molecule has 1 N–H and O–H groups in total. The van der Waals surface area contributed by atoms with Gasteiger partial charge in [-0.2, -0.15) is 0 Å². The quantitative estimate of drug-likeness (QED) is 0.602. The number of benzene rings is 2.